The summed E-state index contributed by atoms with van der Waals surface area (Å²) in [4.78, 5) is 0. The van der Waals surface area contributed by atoms with Crippen molar-refractivity contribution in [2.45, 2.75) is 38.5 Å². The zero-order valence-electron chi connectivity index (χ0n) is 18.2. The van der Waals surface area contributed by atoms with Gasteiger partial charge in [0.25, 0.3) is 0 Å². The summed E-state index contributed by atoms with van der Waals surface area (Å²) >= 11 is 0. The fraction of sp³-hybridized carbons (Fsp3) is 0.308. The molecule has 3 aromatic rings. The van der Waals surface area contributed by atoms with Crippen LogP contribution < -0.4 is 10.1 Å². The van der Waals surface area contributed by atoms with Gasteiger partial charge >= 0.3 is 0 Å². The van der Waals surface area contributed by atoms with Gasteiger partial charge in [0.1, 0.15) is 23.1 Å². The van der Waals surface area contributed by atoms with Crippen molar-refractivity contribution in [3.63, 3.8) is 0 Å². The van der Waals surface area contributed by atoms with Crippen molar-refractivity contribution in [1.82, 2.24) is 5.32 Å². The monoisotopic (exact) mass is 451 g/mol. The molecule has 0 radical (unpaired) electrons. The van der Waals surface area contributed by atoms with E-state index in [1.807, 2.05) is 36.4 Å². The fourth-order valence-corrected chi connectivity index (χ4v) is 4.76. The van der Waals surface area contributed by atoms with Crippen LogP contribution in [0.2, 0.25) is 0 Å². The second-order valence-electron chi connectivity index (χ2n) is 8.22. The molecule has 0 saturated carbocycles. The molecule has 3 aromatic carbocycles. The Balaban J connectivity index is 1.42. The lowest BCUT2D eigenvalue weighted by molar-refractivity contribution is 0.141. The van der Waals surface area contributed by atoms with Gasteiger partial charge in [0.2, 0.25) is 0 Å². The molecule has 5 nitrogen and oxygen atoms in total. The predicted molar refractivity (Wildman–Crippen MR) is 128 cm³/mol. The molecule has 32 heavy (non-hydrogen) atoms. The molecule has 0 aromatic heterocycles. The molecule has 1 aliphatic rings. The van der Waals surface area contributed by atoms with E-state index in [0.29, 0.717) is 26.0 Å². The zero-order chi connectivity index (χ0) is 22.5. The first-order chi connectivity index (χ1) is 15.5. The first-order valence-electron chi connectivity index (χ1n) is 11.0. The van der Waals surface area contributed by atoms with Crippen molar-refractivity contribution in [2.75, 3.05) is 12.3 Å². The van der Waals surface area contributed by atoms with E-state index in [0.717, 1.165) is 22.4 Å². The summed E-state index contributed by atoms with van der Waals surface area (Å²) in [6.45, 7) is 3.15. The van der Waals surface area contributed by atoms with Gasteiger partial charge in [0.05, 0.1) is 12.1 Å². The van der Waals surface area contributed by atoms with Crippen LogP contribution in [-0.2, 0) is 23.7 Å². The molecule has 1 aliphatic carbocycles. The van der Waals surface area contributed by atoms with Gasteiger partial charge in [-0.05, 0) is 65.4 Å². The van der Waals surface area contributed by atoms with Crippen LogP contribution in [0.25, 0.3) is 11.1 Å². The third kappa shape index (κ3) is 5.21. The summed E-state index contributed by atoms with van der Waals surface area (Å²) in [6, 6.07) is 22.4. The van der Waals surface area contributed by atoms with E-state index in [4.69, 9.17) is 4.74 Å². The number of ether oxygens (including phenoxy) is 1. The lowest BCUT2D eigenvalue weighted by Gasteiger charge is -2.18. The van der Waals surface area contributed by atoms with Crippen LogP contribution in [0, 0.1) is 6.92 Å². The number of benzene rings is 3. The Morgan fingerprint density at radius 2 is 1.88 bits per heavy atom. The molecule has 0 spiro atoms. The molecule has 4 rings (SSSR count). The van der Waals surface area contributed by atoms with E-state index in [-0.39, 0.29) is 11.8 Å². The standard InChI is InChI=1S/C26H29NO4S/c1-18-20(9-5-10-23(18)19-7-3-2-4-8-19)17-31-22-11-12-24-21(15-22)16-25(28)26(24)27-13-6-14-32(29)30/h2-5,7-12,15,25-28,32H,6,13-14,16-17H2,1H3/t25-,26-/m1/s1. The minimum atomic E-state index is -2.35. The molecule has 2 N–H and O–H groups in total. The van der Waals surface area contributed by atoms with E-state index < -0.39 is 16.8 Å². The van der Waals surface area contributed by atoms with Crippen LogP contribution in [0.5, 0.6) is 5.75 Å². The van der Waals surface area contributed by atoms with Crippen molar-refractivity contribution in [3.05, 3.63) is 89.0 Å². The van der Waals surface area contributed by atoms with Crippen LogP contribution in [-0.4, -0.2) is 31.9 Å². The van der Waals surface area contributed by atoms with Crippen molar-refractivity contribution >= 4 is 10.7 Å². The molecule has 0 fully saturated rings. The average molecular weight is 452 g/mol. The average Bonchev–Trinajstić information content (AvgIpc) is 3.10. The Kier molecular flexibility index (Phi) is 7.25. The minimum absolute atomic E-state index is 0.162. The SMILES string of the molecule is Cc1c(COc2ccc3c(c2)C[C@@H](O)[C@@H]3NCCC[SH](=O)=O)cccc1-c1ccccc1. The quantitative estimate of drug-likeness (QED) is 0.341. The Morgan fingerprint density at radius 3 is 2.66 bits per heavy atom. The highest BCUT2D eigenvalue weighted by Crippen LogP contribution is 2.34. The Hall–Kier alpha value is -2.67. The van der Waals surface area contributed by atoms with E-state index in [9.17, 15) is 13.5 Å². The number of aliphatic hydroxyl groups excluding tert-OH is 1. The third-order valence-electron chi connectivity index (χ3n) is 6.07. The molecule has 0 aliphatic heterocycles. The number of rotatable bonds is 9. The van der Waals surface area contributed by atoms with Gasteiger partial charge in [0, 0.05) is 12.2 Å². The number of hydrogen-bond acceptors (Lipinski definition) is 5. The first-order valence-corrected chi connectivity index (χ1v) is 12.3. The molecule has 2 atom stereocenters. The fourth-order valence-electron chi connectivity index (χ4n) is 4.35. The van der Waals surface area contributed by atoms with E-state index in [1.165, 1.54) is 16.7 Å². The summed E-state index contributed by atoms with van der Waals surface area (Å²) in [6.07, 6.45) is 0.577. The molecule has 6 heteroatoms. The predicted octanol–water partition coefficient (Wildman–Crippen LogP) is 3.79. The van der Waals surface area contributed by atoms with E-state index >= 15 is 0 Å². The highest BCUT2D eigenvalue weighted by Gasteiger charge is 2.30. The van der Waals surface area contributed by atoms with Gasteiger partial charge in [-0.25, -0.2) is 8.42 Å². The summed E-state index contributed by atoms with van der Waals surface area (Å²) in [5.74, 6) is 0.944. The molecule has 0 heterocycles. The largest absolute Gasteiger partial charge is 0.489 e. The molecule has 0 amide bonds. The smallest absolute Gasteiger partial charge is 0.140 e. The van der Waals surface area contributed by atoms with Gasteiger partial charge < -0.3 is 15.2 Å². The third-order valence-corrected chi connectivity index (χ3v) is 6.75. The van der Waals surface area contributed by atoms with Crippen molar-refractivity contribution in [2.24, 2.45) is 0 Å². The molecular formula is C26H29NO4S. The van der Waals surface area contributed by atoms with E-state index in [1.54, 1.807) is 0 Å². The van der Waals surface area contributed by atoms with Crippen LogP contribution >= 0.6 is 0 Å². The van der Waals surface area contributed by atoms with Gasteiger partial charge in [-0.15, -0.1) is 0 Å². The molecule has 0 saturated heterocycles. The number of fused-ring (bicyclic) bond motifs is 1. The highest BCUT2D eigenvalue weighted by atomic mass is 32.2. The Bertz CT molecular complexity index is 1140. The lowest BCUT2D eigenvalue weighted by Crippen LogP contribution is -2.29. The van der Waals surface area contributed by atoms with Crippen molar-refractivity contribution in [1.29, 1.82) is 0 Å². The molecule has 0 unspecified atom stereocenters. The molecule has 168 valence electrons. The summed E-state index contributed by atoms with van der Waals surface area (Å²) in [5.41, 5.74) is 6.87. The van der Waals surface area contributed by atoms with Crippen LogP contribution in [0.3, 0.4) is 0 Å². The van der Waals surface area contributed by atoms with Crippen LogP contribution in [0.15, 0.2) is 66.7 Å². The summed E-state index contributed by atoms with van der Waals surface area (Å²) in [5, 5.41) is 13.8. The topological polar surface area (TPSA) is 75.6 Å². The zero-order valence-corrected chi connectivity index (χ0v) is 19.1. The maximum absolute atomic E-state index is 10.7. The second-order valence-corrected chi connectivity index (χ2v) is 9.33. The summed E-state index contributed by atoms with van der Waals surface area (Å²) < 4.78 is 27.5. The molecule has 0 bridgehead atoms. The molecular weight excluding hydrogens is 422 g/mol. The van der Waals surface area contributed by atoms with Crippen molar-refractivity contribution in [3.8, 4) is 16.9 Å². The van der Waals surface area contributed by atoms with Gasteiger partial charge in [-0.3, -0.25) is 0 Å². The first kappa shape index (κ1) is 22.5. The maximum Gasteiger partial charge on any atom is 0.140 e. The number of aliphatic hydroxyl groups is 1. The Labute approximate surface area is 191 Å². The normalized spacial score (nSPS) is 17.5. The lowest BCUT2D eigenvalue weighted by atomic mass is 9.97. The number of nitrogens with one attached hydrogen (secondary N) is 1. The van der Waals surface area contributed by atoms with Gasteiger partial charge in [0.15, 0.2) is 0 Å². The van der Waals surface area contributed by atoms with Gasteiger partial charge in [-0.2, -0.15) is 0 Å². The number of thiol groups is 1. The van der Waals surface area contributed by atoms with Crippen molar-refractivity contribution < 1.29 is 18.3 Å². The van der Waals surface area contributed by atoms with E-state index in [2.05, 4.69) is 42.6 Å². The number of hydrogen-bond donors (Lipinski definition) is 3. The summed E-state index contributed by atoms with van der Waals surface area (Å²) in [7, 11) is -2.35. The Morgan fingerprint density at radius 1 is 1.06 bits per heavy atom. The van der Waals surface area contributed by atoms with Crippen LogP contribution in [0.1, 0.15) is 34.7 Å². The van der Waals surface area contributed by atoms with Gasteiger partial charge in [-0.1, -0.05) is 54.6 Å². The second kappa shape index (κ2) is 10.3. The highest BCUT2D eigenvalue weighted by molar-refractivity contribution is 7.72. The van der Waals surface area contributed by atoms with Crippen LogP contribution in [0.4, 0.5) is 0 Å². The minimum Gasteiger partial charge on any atom is -0.489 e. The maximum atomic E-state index is 10.7.